The molecule has 0 aromatic heterocycles. The highest BCUT2D eigenvalue weighted by molar-refractivity contribution is 8.13. The van der Waals surface area contributed by atoms with Crippen LogP contribution in [0.2, 0.25) is 0 Å². The minimum Gasteiger partial charge on any atom is -0.396 e. The SMILES string of the molecule is C.C[C@H](CO)[C@H]1CC[C@H]2[C@@H]3CC[C@@H]4C[C@@](C)(O)CC[C@]4(C)[C@H]3C(O)C[C@]12C.Cc1ccc(S(=O)(=O)Cl)cc1.Cc1ccc(S(=O)(=O)OC[C@@H](C)[C@H]2CC[C@H]3[C@@H]4CC[C@@H]5C[C@@](C)(O)CC[C@]5(C)[C@H]4C(O)C[C@]23C)cc1. The molecule has 20 atom stereocenters. The first-order chi connectivity index (χ1) is 33.9. The minimum absolute atomic E-state index is 0. The van der Waals surface area contributed by atoms with E-state index in [0.717, 1.165) is 88.2 Å². The summed E-state index contributed by atoms with van der Waals surface area (Å²) in [4.78, 5) is 0.355. The fourth-order valence-corrected chi connectivity index (χ4v) is 20.7. The van der Waals surface area contributed by atoms with Crippen molar-refractivity contribution in [1.82, 2.24) is 0 Å². The third-order valence-electron chi connectivity index (χ3n) is 22.7. The van der Waals surface area contributed by atoms with E-state index in [9.17, 15) is 42.4 Å². The maximum atomic E-state index is 12.8. The molecule has 0 radical (unpaired) electrons. The van der Waals surface area contributed by atoms with Crippen molar-refractivity contribution in [3.8, 4) is 0 Å². The van der Waals surface area contributed by atoms with E-state index in [1.807, 2.05) is 27.7 Å². The molecule has 0 heterocycles. The lowest BCUT2D eigenvalue weighted by Crippen LogP contribution is -2.60. The van der Waals surface area contributed by atoms with Gasteiger partial charge in [0.2, 0.25) is 0 Å². The molecule has 0 bridgehead atoms. The summed E-state index contributed by atoms with van der Waals surface area (Å²) in [7, 11) is -2.25. The van der Waals surface area contributed by atoms with Crippen LogP contribution < -0.4 is 0 Å². The van der Waals surface area contributed by atoms with Gasteiger partial charge >= 0.3 is 0 Å². The van der Waals surface area contributed by atoms with E-state index < -0.39 is 30.4 Å². The number of halogens is 1. The van der Waals surface area contributed by atoms with Gasteiger partial charge in [0.15, 0.2) is 0 Å². The standard InChI is InChI=1S/C30H46O5S.C23H40O3.C7H7ClO2S.CH4/c1-19-6-9-22(10-7-19)36(33,34)35-18-20(2)24-12-13-25-23-11-8-21-16-28(3,32)14-15-29(21,4)27(23)26(31)17-30(24,25)5;1-14(13-24)17-7-8-18-16-6-5-15-11-21(2,26)9-10-22(15,3)20(16)19(25)12-23(17,18)4;1-6-2-4-7(5-3-6)11(8,9)10;/h6-7,9-10,20-21,23-27,31-32H,8,11-18H2,1-5H3;14-20,24-26H,5-13H2,1-4H3;2-5H,1H3;1H4/t20-,21-,23+,24-,25+,26?,27-,28+,29+,30-;14-,15-,16+,17-,18+,19?,20-,21+,22+,23-;;/m11../s1. The summed E-state index contributed by atoms with van der Waals surface area (Å²) in [5.74, 6) is 5.47. The van der Waals surface area contributed by atoms with Crippen LogP contribution in [0.4, 0.5) is 0 Å². The number of aryl methyl sites for hydroxylation is 2. The van der Waals surface area contributed by atoms with E-state index in [4.69, 9.17) is 14.9 Å². The van der Waals surface area contributed by atoms with Crippen LogP contribution in [-0.4, -0.2) is 79.0 Å². The van der Waals surface area contributed by atoms with E-state index in [2.05, 4.69) is 41.5 Å². The van der Waals surface area contributed by atoms with Crippen LogP contribution in [0.1, 0.15) is 177 Å². The van der Waals surface area contributed by atoms with Crippen LogP contribution >= 0.6 is 10.7 Å². The molecule has 8 aliphatic carbocycles. The van der Waals surface area contributed by atoms with Crippen molar-refractivity contribution in [3.63, 3.8) is 0 Å². The molecule has 2 unspecified atom stereocenters. The van der Waals surface area contributed by atoms with Crippen LogP contribution in [0.25, 0.3) is 0 Å². The summed E-state index contributed by atoms with van der Waals surface area (Å²) >= 11 is 0. The maximum Gasteiger partial charge on any atom is 0.296 e. The molecule has 2 aromatic carbocycles. The number of aliphatic hydroxyl groups is 5. The average Bonchev–Trinajstić information content (AvgIpc) is 3.84. The Morgan fingerprint density at radius 2 is 0.959 bits per heavy atom. The quantitative estimate of drug-likeness (QED) is 0.126. The lowest BCUT2D eigenvalue weighted by molar-refractivity contribution is -0.190. The molecule has 2 aromatic rings. The molecule has 5 N–H and O–H groups in total. The zero-order valence-corrected chi connectivity index (χ0v) is 48.3. The first-order valence-electron chi connectivity index (χ1n) is 28.3. The smallest absolute Gasteiger partial charge is 0.296 e. The molecule has 0 spiro atoms. The molecule has 0 saturated heterocycles. The van der Waals surface area contributed by atoms with Crippen LogP contribution in [0, 0.1) is 107 Å². The van der Waals surface area contributed by atoms with E-state index in [1.165, 1.54) is 37.8 Å². The van der Waals surface area contributed by atoms with E-state index in [1.54, 1.807) is 36.4 Å². The van der Waals surface area contributed by atoms with Gasteiger partial charge in [0.05, 0.1) is 39.8 Å². The van der Waals surface area contributed by atoms with Gasteiger partial charge in [-0.15, -0.1) is 0 Å². The van der Waals surface area contributed by atoms with Crippen molar-refractivity contribution >= 4 is 29.9 Å². The molecule has 8 aliphatic rings. The summed E-state index contributed by atoms with van der Waals surface area (Å²) in [6.07, 6.45) is 16.1. The van der Waals surface area contributed by atoms with Crippen LogP contribution in [0.5, 0.6) is 0 Å². The zero-order chi connectivity index (χ0) is 53.5. The lowest BCUT2D eigenvalue weighted by Gasteiger charge is -2.63. The first kappa shape index (κ1) is 60.0. The fourth-order valence-electron chi connectivity index (χ4n) is 19.0. The van der Waals surface area contributed by atoms with Crippen molar-refractivity contribution in [2.75, 3.05) is 13.2 Å². The van der Waals surface area contributed by atoms with E-state index in [0.29, 0.717) is 65.1 Å². The molecule has 0 amide bonds. The van der Waals surface area contributed by atoms with Gasteiger partial charge in [0.25, 0.3) is 19.2 Å². The Labute approximate surface area is 452 Å². The van der Waals surface area contributed by atoms with Gasteiger partial charge in [0.1, 0.15) is 0 Å². The maximum absolute atomic E-state index is 12.8. The summed E-state index contributed by atoms with van der Waals surface area (Å²) in [5.41, 5.74) is 1.41. The van der Waals surface area contributed by atoms with Crippen molar-refractivity contribution < 1.29 is 46.6 Å². The molecular formula is C61H97ClO10S2. The molecule has 8 fully saturated rings. The van der Waals surface area contributed by atoms with Crippen molar-refractivity contribution in [3.05, 3.63) is 59.7 Å². The van der Waals surface area contributed by atoms with Gasteiger partial charge in [-0.3, -0.25) is 4.18 Å². The third-order valence-corrected chi connectivity index (χ3v) is 25.3. The molecule has 10 nitrogen and oxygen atoms in total. The Bertz CT molecular complexity index is 2460. The summed E-state index contributed by atoms with van der Waals surface area (Å²) in [6.45, 7) is 22.2. The average molecular weight is 1090 g/mol. The van der Waals surface area contributed by atoms with E-state index in [-0.39, 0.29) is 70.2 Å². The number of hydrogen-bond acceptors (Lipinski definition) is 10. The predicted octanol–water partition coefficient (Wildman–Crippen LogP) is 12.3. The minimum atomic E-state index is -3.78. The van der Waals surface area contributed by atoms with Crippen LogP contribution in [0.3, 0.4) is 0 Å². The topological polar surface area (TPSA) is 179 Å². The molecule has 10 rings (SSSR count). The summed E-state index contributed by atoms with van der Waals surface area (Å²) < 4.78 is 52.6. The van der Waals surface area contributed by atoms with Crippen molar-refractivity contribution in [1.29, 1.82) is 0 Å². The number of rotatable bonds is 8. The molecule has 13 heteroatoms. The van der Waals surface area contributed by atoms with Gasteiger partial charge in [-0.2, -0.15) is 8.42 Å². The Morgan fingerprint density at radius 3 is 1.35 bits per heavy atom. The second kappa shape index (κ2) is 21.8. The number of benzene rings is 2. The highest BCUT2D eigenvalue weighted by Gasteiger charge is 2.66. The normalized spacial score (nSPS) is 44.1. The second-order valence-corrected chi connectivity index (χ2v) is 31.6. The Kier molecular flexibility index (Phi) is 17.7. The van der Waals surface area contributed by atoms with Gasteiger partial charge in [-0.25, -0.2) is 8.42 Å². The van der Waals surface area contributed by atoms with E-state index >= 15 is 0 Å². The van der Waals surface area contributed by atoms with Crippen molar-refractivity contribution in [2.45, 2.75) is 213 Å². The van der Waals surface area contributed by atoms with Crippen molar-refractivity contribution in [2.24, 2.45) is 92.7 Å². The zero-order valence-electron chi connectivity index (χ0n) is 45.9. The molecule has 74 heavy (non-hydrogen) atoms. The lowest BCUT2D eigenvalue weighted by atomic mass is 9.43. The van der Waals surface area contributed by atoms with Crippen LogP contribution in [0.15, 0.2) is 58.3 Å². The van der Waals surface area contributed by atoms with Gasteiger partial charge in [0, 0.05) is 17.3 Å². The second-order valence-electron chi connectivity index (χ2n) is 27.4. The largest absolute Gasteiger partial charge is 0.396 e. The summed E-state index contributed by atoms with van der Waals surface area (Å²) in [6, 6.07) is 13.2. The number of hydrogen-bond donors (Lipinski definition) is 5. The van der Waals surface area contributed by atoms with Gasteiger partial charge in [-0.05, 0) is 247 Å². The Morgan fingerprint density at radius 1 is 0.568 bits per heavy atom. The van der Waals surface area contributed by atoms with Crippen LogP contribution in [-0.2, 0) is 23.4 Å². The monoisotopic (exact) mass is 1090 g/mol. The summed E-state index contributed by atoms with van der Waals surface area (Å²) in [5, 5.41) is 54.2. The Balaban J connectivity index is 0.000000183. The Hall–Kier alpha value is -1.61. The highest BCUT2D eigenvalue weighted by Crippen LogP contribution is 2.70. The van der Waals surface area contributed by atoms with Gasteiger partial charge < -0.3 is 25.5 Å². The predicted molar refractivity (Wildman–Crippen MR) is 295 cm³/mol. The first-order valence-corrected chi connectivity index (χ1v) is 32.0. The number of fused-ring (bicyclic) bond motifs is 10. The molecule has 8 saturated carbocycles. The fraction of sp³-hybridized carbons (Fsp3) is 0.803. The molecule has 0 aliphatic heterocycles. The number of aliphatic hydroxyl groups excluding tert-OH is 3. The highest BCUT2D eigenvalue weighted by atomic mass is 35.7. The molecular weight excluding hydrogens is 992 g/mol. The van der Waals surface area contributed by atoms with Gasteiger partial charge in [-0.1, -0.05) is 84.4 Å². The third kappa shape index (κ3) is 11.4. The molecule has 420 valence electrons.